The largest absolute Gasteiger partial charge is 0.486 e. The summed E-state index contributed by atoms with van der Waals surface area (Å²) < 4.78 is 7.14. The fraction of sp³-hybridized carbons (Fsp3) is 0.696. The van der Waals surface area contributed by atoms with Crippen LogP contribution in [0, 0.1) is 22.7 Å². The first-order valence-electron chi connectivity index (χ1n) is 10.4. The van der Waals surface area contributed by atoms with E-state index in [0.717, 1.165) is 29.7 Å². The van der Waals surface area contributed by atoms with Crippen molar-refractivity contribution in [1.29, 1.82) is 0 Å². The molecule has 4 atom stereocenters. The van der Waals surface area contributed by atoms with Gasteiger partial charge in [0.2, 0.25) is 0 Å². The standard InChI is InChI=1S/C23H31NO2/c1-14-6-9-18-21(2,3)10-5-11-23(18)22(14,4)12-15-7-8-16-17(19(15)26-23)13-24-20(16)25/h7-8,14,18H,5-6,9-13H2,1-4H3,(H,24,25). The Morgan fingerprint density at radius 1 is 1.15 bits per heavy atom. The Hall–Kier alpha value is -1.51. The minimum Gasteiger partial charge on any atom is -0.486 e. The molecule has 0 radical (unpaired) electrons. The van der Waals surface area contributed by atoms with E-state index in [1.54, 1.807) is 0 Å². The van der Waals surface area contributed by atoms with Gasteiger partial charge in [-0.2, -0.15) is 0 Å². The average Bonchev–Trinajstić information content (AvgIpc) is 2.95. The molecule has 26 heavy (non-hydrogen) atoms. The maximum Gasteiger partial charge on any atom is 0.252 e. The Kier molecular flexibility index (Phi) is 3.24. The van der Waals surface area contributed by atoms with E-state index in [9.17, 15) is 4.79 Å². The molecule has 2 heterocycles. The molecule has 2 saturated carbocycles. The zero-order valence-electron chi connectivity index (χ0n) is 16.6. The SMILES string of the molecule is CC1CCC2C(C)(C)CCCC23Oc2c(ccc4c2CNC4=O)CC13C. The van der Waals surface area contributed by atoms with Crippen LogP contribution in [-0.2, 0) is 13.0 Å². The summed E-state index contributed by atoms with van der Waals surface area (Å²) in [5.41, 5.74) is 3.64. The molecule has 2 aliphatic carbocycles. The van der Waals surface area contributed by atoms with Crippen LogP contribution in [-0.4, -0.2) is 11.5 Å². The molecule has 140 valence electrons. The van der Waals surface area contributed by atoms with Crippen molar-refractivity contribution in [2.24, 2.45) is 22.7 Å². The van der Waals surface area contributed by atoms with Crippen molar-refractivity contribution >= 4 is 5.91 Å². The molecule has 1 aromatic rings. The second kappa shape index (κ2) is 5.05. The van der Waals surface area contributed by atoms with Crippen LogP contribution in [0.25, 0.3) is 0 Å². The summed E-state index contributed by atoms with van der Waals surface area (Å²) in [6.45, 7) is 10.5. The third-order valence-corrected chi connectivity index (χ3v) is 8.67. The Morgan fingerprint density at radius 2 is 1.96 bits per heavy atom. The highest BCUT2D eigenvalue weighted by molar-refractivity contribution is 5.99. The van der Waals surface area contributed by atoms with E-state index in [2.05, 4.69) is 39.1 Å². The van der Waals surface area contributed by atoms with Gasteiger partial charge < -0.3 is 10.1 Å². The first kappa shape index (κ1) is 16.6. The van der Waals surface area contributed by atoms with Crippen LogP contribution in [0.2, 0.25) is 0 Å². The van der Waals surface area contributed by atoms with E-state index in [4.69, 9.17) is 4.74 Å². The van der Waals surface area contributed by atoms with Gasteiger partial charge in [0.25, 0.3) is 5.91 Å². The van der Waals surface area contributed by atoms with E-state index in [1.807, 2.05) is 6.07 Å². The van der Waals surface area contributed by atoms with Gasteiger partial charge in [-0.3, -0.25) is 4.79 Å². The number of hydrogen-bond donors (Lipinski definition) is 1. The quantitative estimate of drug-likeness (QED) is 0.723. The molecule has 0 aromatic heterocycles. The van der Waals surface area contributed by atoms with Crippen molar-refractivity contribution in [3.05, 3.63) is 28.8 Å². The molecule has 3 nitrogen and oxygen atoms in total. The van der Waals surface area contributed by atoms with Gasteiger partial charge in [0, 0.05) is 29.0 Å². The van der Waals surface area contributed by atoms with Gasteiger partial charge in [0.1, 0.15) is 11.4 Å². The number of benzene rings is 1. The zero-order chi connectivity index (χ0) is 18.3. The lowest BCUT2D eigenvalue weighted by Gasteiger charge is -2.66. The fourth-order valence-corrected chi connectivity index (χ4v) is 6.98. The molecule has 1 aromatic carbocycles. The molecule has 1 N–H and O–H groups in total. The first-order chi connectivity index (χ1) is 12.3. The summed E-state index contributed by atoms with van der Waals surface area (Å²) in [5.74, 6) is 2.35. The van der Waals surface area contributed by atoms with Gasteiger partial charge >= 0.3 is 0 Å². The molecular formula is C23H31NO2. The summed E-state index contributed by atoms with van der Waals surface area (Å²) in [4.78, 5) is 12.2. The van der Waals surface area contributed by atoms with Crippen molar-refractivity contribution in [2.45, 2.75) is 78.4 Å². The summed E-state index contributed by atoms with van der Waals surface area (Å²) in [6, 6.07) is 4.17. The summed E-state index contributed by atoms with van der Waals surface area (Å²) >= 11 is 0. The Morgan fingerprint density at radius 3 is 2.77 bits per heavy atom. The zero-order valence-corrected chi connectivity index (χ0v) is 16.6. The average molecular weight is 354 g/mol. The molecule has 2 fully saturated rings. The lowest BCUT2D eigenvalue weighted by atomic mass is 9.44. The maximum atomic E-state index is 12.2. The summed E-state index contributed by atoms with van der Waals surface area (Å²) in [6.07, 6.45) is 7.35. The number of rotatable bonds is 0. The predicted molar refractivity (Wildman–Crippen MR) is 102 cm³/mol. The molecule has 5 rings (SSSR count). The number of ether oxygens (including phenoxy) is 1. The minimum absolute atomic E-state index is 0.0507. The van der Waals surface area contributed by atoms with Crippen LogP contribution < -0.4 is 10.1 Å². The molecular weight excluding hydrogens is 322 g/mol. The summed E-state index contributed by atoms with van der Waals surface area (Å²) in [5, 5.41) is 2.99. The van der Waals surface area contributed by atoms with Crippen molar-refractivity contribution in [1.82, 2.24) is 5.32 Å². The molecule has 0 saturated heterocycles. The van der Waals surface area contributed by atoms with E-state index in [0.29, 0.717) is 23.8 Å². The number of nitrogens with one attached hydrogen (secondary N) is 1. The van der Waals surface area contributed by atoms with Crippen LogP contribution >= 0.6 is 0 Å². The number of hydrogen-bond acceptors (Lipinski definition) is 2. The highest BCUT2D eigenvalue weighted by atomic mass is 16.5. The Labute approximate surface area is 156 Å². The van der Waals surface area contributed by atoms with Gasteiger partial charge in [-0.05, 0) is 61.5 Å². The van der Waals surface area contributed by atoms with E-state index >= 15 is 0 Å². The van der Waals surface area contributed by atoms with Crippen LogP contribution in [0.15, 0.2) is 12.1 Å². The first-order valence-corrected chi connectivity index (χ1v) is 10.4. The third-order valence-electron chi connectivity index (χ3n) is 8.67. The monoisotopic (exact) mass is 353 g/mol. The van der Waals surface area contributed by atoms with Gasteiger partial charge in [0.15, 0.2) is 0 Å². The van der Waals surface area contributed by atoms with Gasteiger partial charge in [-0.25, -0.2) is 0 Å². The van der Waals surface area contributed by atoms with E-state index in [1.165, 1.54) is 31.2 Å². The van der Waals surface area contributed by atoms with Gasteiger partial charge in [-0.15, -0.1) is 0 Å². The topological polar surface area (TPSA) is 38.3 Å². The summed E-state index contributed by atoms with van der Waals surface area (Å²) in [7, 11) is 0. The number of amides is 1. The lowest BCUT2D eigenvalue weighted by molar-refractivity contribution is -0.210. The molecule has 0 bridgehead atoms. The fourth-order valence-electron chi connectivity index (χ4n) is 6.98. The third kappa shape index (κ3) is 1.87. The van der Waals surface area contributed by atoms with Crippen molar-refractivity contribution in [3.63, 3.8) is 0 Å². The number of carbonyl (C=O) groups is 1. The highest BCUT2D eigenvalue weighted by Gasteiger charge is 2.65. The van der Waals surface area contributed by atoms with Crippen LogP contribution in [0.3, 0.4) is 0 Å². The van der Waals surface area contributed by atoms with Crippen LogP contribution in [0.1, 0.15) is 81.3 Å². The van der Waals surface area contributed by atoms with Crippen molar-refractivity contribution < 1.29 is 9.53 Å². The smallest absolute Gasteiger partial charge is 0.252 e. The molecule has 1 spiro atoms. The second-order valence-electron chi connectivity index (χ2n) is 10.2. The minimum atomic E-state index is -0.0832. The predicted octanol–water partition coefficient (Wildman–Crippen LogP) is 4.87. The molecule has 2 aliphatic heterocycles. The van der Waals surface area contributed by atoms with E-state index in [-0.39, 0.29) is 16.9 Å². The van der Waals surface area contributed by atoms with Crippen molar-refractivity contribution in [3.8, 4) is 5.75 Å². The van der Waals surface area contributed by atoms with E-state index < -0.39 is 0 Å². The van der Waals surface area contributed by atoms with Crippen LogP contribution in [0.5, 0.6) is 5.75 Å². The maximum absolute atomic E-state index is 12.2. The van der Waals surface area contributed by atoms with Crippen molar-refractivity contribution in [2.75, 3.05) is 0 Å². The molecule has 3 heteroatoms. The Bertz CT molecular complexity index is 798. The molecule has 4 aliphatic rings. The molecule has 1 amide bonds. The number of carbonyl (C=O) groups excluding carboxylic acids is 1. The number of fused-ring (bicyclic) bond motifs is 3. The second-order valence-corrected chi connectivity index (χ2v) is 10.2. The highest BCUT2D eigenvalue weighted by Crippen LogP contribution is 2.66. The van der Waals surface area contributed by atoms with Gasteiger partial charge in [0.05, 0.1) is 0 Å². The molecule has 4 unspecified atom stereocenters. The Balaban J connectivity index is 1.71. The van der Waals surface area contributed by atoms with Gasteiger partial charge in [-0.1, -0.05) is 33.8 Å². The van der Waals surface area contributed by atoms with Crippen LogP contribution in [0.4, 0.5) is 0 Å². The normalized spacial score (nSPS) is 39.8. The lowest BCUT2D eigenvalue weighted by Crippen LogP contribution is -2.68.